The van der Waals surface area contributed by atoms with Crippen LogP contribution in [0.5, 0.6) is 0 Å². The van der Waals surface area contributed by atoms with Gasteiger partial charge in [0.2, 0.25) is 0 Å². The van der Waals surface area contributed by atoms with Gasteiger partial charge in [0.1, 0.15) is 5.82 Å². The lowest BCUT2D eigenvalue weighted by Gasteiger charge is -2.06. The Hall–Kier alpha value is -1.33. The molecule has 0 aromatic carbocycles. The zero-order chi connectivity index (χ0) is 10.9. The molecule has 5 nitrogen and oxygen atoms in total. The standard InChI is InChI=1S/C10H17N3O2/c1-14-6-7-15-5-4-13-10-8-9(11)2-3-12-10/h2-3,8H,4-7H2,1H3,(H3,11,12,13). The zero-order valence-corrected chi connectivity index (χ0v) is 8.90. The summed E-state index contributed by atoms with van der Waals surface area (Å²) in [5.41, 5.74) is 6.30. The van der Waals surface area contributed by atoms with Crippen LogP contribution in [-0.2, 0) is 9.47 Å². The van der Waals surface area contributed by atoms with Crippen LogP contribution in [0.1, 0.15) is 0 Å². The molecule has 0 aliphatic carbocycles. The lowest BCUT2D eigenvalue weighted by Crippen LogP contribution is -2.12. The molecule has 0 aliphatic rings. The molecule has 0 unspecified atom stereocenters. The predicted octanol–water partition coefficient (Wildman–Crippen LogP) is 0.739. The van der Waals surface area contributed by atoms with Gasteiger partial charge in [-0.2, -0.15) is 0 Å². The Bertz CT molecular complexity index is 281. The first-order valence-corrected chi connectivity index (χ1v) is 4.85. The monoisotopic (exact) mass is 211 g/mol. The molecule has 0 fully saturated rings. The van der Waals surface area contributed by atoms with E-state index in [1.54, 1.807) is 25.4 Å². The maximum Gasteiger partial charge on any atom is 0.128 e. The Kier molecular flexibility index (Phi) is 5.50. The van der Waals surface area contributed by atoms with Gasteiger partial charge in [-0.05, 0) is 6.07 Å². The molecule has 3 N–H and O–H groups in total. The van der Waals surface area contributed by atoms with Crippen molar-refractivity contribution >= 4 is 11.5 Å². The Morgan fingerprint density at radius 2 is 2.27 bits per heavy atom. The minimum atomic E-state index is 0.614. The van der Waals surface area contributed by atoms with Crippen LogP contribution in [-0.4, -0.2) is 38.5 Å². The molecule has 0 atom stereocenters. The second-order valence-electron chi connectivity index (χ2n) is 3.01. The van der Waals surface area contributed by atoms with Gasteiger partial charge in [0, 0.05) is 31.6 Å². The van der Waals surface area contributed by atoms with E-state index in [4.69, 9.17) is 15.2 Å². The minimum absolute atomic E-state index is 0.614. The third-order valence-electron chi connectivity index (χ3n) is 1.77. The first-order chi connectivity index (χ1) is 7.33. The van der Waals surface area contributed by atoms with Crippen molar-refractivity contribution in [3.63, 3.8) is 0 Å². The second kappa shape index (κ2) is 7.03. The van der Waals surface area contributed by atoms with Gasteiger partial charge in [0.25, 0.3) is 0 Å². The molecule has 0 radical (unpaired) electrons. The van der Waals surface area contributed by atoms with Crippen LogP contribution in [0, 0.1) is 0 Å². The number of nitrogens with two attached hydrogens (primary N) is 1. The smallest absolute Gasteiger partial charge is 0.128 e. The number of rotatable bonds is 7. The molecule has 0 amide bonds. The number of hydrogen-bond donors (Lipinski definition) is 2. The number of pyridine rings is 1. The van der Waals surface area contributed by atoms with Crippen molar-refractivity contribution < 1.29 is 9.47 Å². The highest BCUT2D eigenvalue weighted by Crippen LogP contribution is 2.06. The van der Waals surface area contributed by atoms with E-state index in [-0.39, 0.29) is 0 Å². The highest BCUT2D eigenvalue weighted by molar-refractivity contribution is 5.48. The lowest BCUT2D eigenvalue weighted by atomic mass is 10.4. The van der Waals surface area contributed by atoms with Gasteiger partial charge in [0.15, 0.2) is 0 Å². The van der Waals surface area contributed by atoms with Crippen molar-refractivity contribution in [2.75, 3.05) is 44.5 Å². The van der Waals surface area contributed by atoms with E-state index in [2.05, 4.69) is 10.3 Å². The van der Waals surface area contributed by atoms with E-state index in [1.807, 2.05) is 0 Å². The summed E-state index contributed by atoms with van der Waals surface area (Å²) in [5, 5.41) is 3.11. The summed E-state index contributed by atoms with van der Waals surface area (Å²) in [7, 11) is 1.65. The topological polar surface area (TPSA) is 69.4 Å². The van der Waals surface area contributed by atoms with Crippen LogP contribution >= 0.6 is 0 Å². The summed E-state index contributed by atoms with van der Waals surface area (Å²) >= 11 is 0. The van der Waals surface area contributed by atoms with Crippen molar-refractivity contribution in [1.29, 1.82) is 0 Å². The number of nitrogens with zero attached hydrogens (tertiary/aromatic N) is 1. The number of nitrogens with one attached hydrogen (secondary N) is 1. The lowest BCUT2D eigenvalue weighted by molar-refractivity contribution is 0.0759. The number of ether oxygens (including phenoxy) is 2. The zero-order valence-electron chi connectivity index (χ0n) is 8.90. The maximum absolute atomic E-state index is 5.60. The average molecular weight is 211 g/mol. The molecule has 1 aromatic rings. The molecule has 1 rings (SSSR count). The normalized spacial score (nSPS) is 10.2. The molecule has 1 aromatic heterocycles. The number of methoxy groups -OCH3 is 1. The fourth-order valence-electron chi connectivity index (χ4n) is 1.04. The van der Waals surface area contributed by atoms with E-state index in [1.165, 1.54) is 0 Å². The van der Waals surface area contributed by atoms with Gasteiger partial charge < -0.3 is 20.5 Å². The summed E-state index contributed by atoms with van der Waals surface area (Å²) in [6.07, 6.45) is 1.67. The molecule has 0 aliphatic heterocycles. The summed E-state index contributed by atoms with van der Waals surface area (Å²) in [6, 6.07) is 3.54. The fourth-order valence-corrected chi connectivity index (χ4v) is 1.04. The first kappa shape index (κ1) is 11.7. The third-order valence-corrected chi connectivity index (χ3v) is 1.77. The Balaban J connectivity index is 2.10. The second-order valence-corrected chi connectivity index (χ2v) is 3.01. The Morgan fingerprint density at radius 3 is 3.00 bits per heavy atom. The molecule has 84 valence electrons. The minimum Gasteiger partial charge on any atom is -0.399 e. The van der Waals surface area contributed by atoms with Crippen molar-refractivity contribution in [3.05, 3.63) is 18.3 Å². The quantitative estimate of drug-likeness (QED) is 0.651. The van der Waals surface area contributed by atoms with Crippen LogP contribution in [0.4, 0.5) is 11.5 Å². The SMILES string of the molecule is COCCOCCNc1cc(N)ccn1. The van der Waals surface area contributed by atoms with Crippen LogP contribution in [0.2, 0.25) is 0 Å². The van der Waals surface area contributed by atoms with E-state index < -0.39 is 0 Å². The molecule has 0 saturated carbocycles. The molecule has 1 heterocycles. The van der Waals surface area contributed by atoms with Crippen LogP contribution < -0.4 is 11.1 Å². The highest BCUT2D eigenvalue weighted by Gasteiger charge is 1.93. The third kappa shape index (κ3) is 5.19. The Labute approximate surface area is 89.6 Å². The fraction of sp³-hybridized carbons (Fsp3) is 0.500. The van der Waals surface area contributed by atoms with Crippen molar-refractivity contribution in [1.82, 2.24) is 4.98 Å². The molecular weight excluding hydrogens is 194 g/mol. The molecule has 15 heavy (non-hydrogen) atoms. The summed E-state index contributed by atoms with van der Waals surface area (Å²) < 4.78 is 10.1. The molecule has 0 bridgehead atoms. The molecule has 5 heteroatoms. The van der Waals surface area contributed by atoms with Gasteiger partial charge in [-0.15, -0.1) is 0 Å². The molecule has 0 spiro atoms. The number of anilines is 2. The van der Waals surface area contributed by atoms with Crippen LogP contribution in [0.3, 0.4) is 0 Å². The molecular formula is C10H17N3O2. The number of nitrogen functional groups attached to an aromatic ring is 1. The average Bonchev–Trinajstić information content (AvgIpc) is 2.23. The van der Waals surface area contributed by atoms with Crippen molar-refractivity contribution in [2.45, 2.75) is 0 Å². The first-order valence-electron chi connectivity index (χ1n) is 4.85. The van der Waals surface area contributed by atoms with E-state index in [9.17, 15) is 0 Å². The number of hydrogen-bond acceptors (Lipinski definition) is 5. The highest BCUT2D eigenvalue weighted by atomic mass is 16.5. The van der Waals surface area contributed by atoms with Crippen LogP contribution in [0.25, 0.3) is 0 Å². The van der Waals surface area contributed by atoms with Gasteiger partial charge in [-0.1, -0.05) is 0 Å². The van der Waals surface area contributed by atoms with E-state index >= 15 is 0 Å². The van der Waals surface area contributed by atoms with Crippen molar-refractivity contribution in [2.24, 2.45) is 0 Å². The van der Waals surface area contributed by atoms with Crippen LogP contribution in [0.15, 0.2) is 18.3 Å². The summed E-state index contributed by atoms with van der Waals surface area (Å²) in [6.45, 7) is 2.57. The van der Waals surface area contributed by atoms with Crippen molar-refractivity contribution in [3.8, 4) is 0 Å². The van der Waals surface area contributed by atoms with E-state index in [0.717, 1.165) is 5.82 Å². The van der Waals surface area contributed by atoms with Gasteiger partial charge >= 0.3 is 0 Å². The molecule has 0 saturated heterocycles. The summed E-state index contributed by atoms with van der Waals surface area (Å²) in [5.74, 6) is 0.769. The number of aromatic nitrogens is 1. The largest absolute Gasteiger partial charge is 0.399 e. The predicted molar refractivity (Wildman–Crippen MR) is 59.8 cm³/mol. The van der Waals surface area contributed by atoms with E-state index in [0.29, 0.717) is 32.1 Å². The van der Waals surface area contributed by atoms with Gasteiger partial charge in [-0.25, -0.2) is 4.98 Å². The van der Waals surface area contributed by atoms with Gasteiger partial charge in [0.05, 0.1) is 19.8 Å². The summed E-state index contributed by atoms with van der Waals surface area (Å²) in [4.78, 5) is 4.10. The van der Waals surface area contributed by atoms with Gasteiger partial charge in [-0.3, -0.25) is 0 Å². The maximum atomic E-state index is 5.60. The Morgan fingerprint density at radius 1 is 1.40 bits per heavy atom.